The van der Waals surface area contributed by atoms with Crippen molar-refractivity contribution in [3.8, 4) is 0 Å². The van der Waals surface area contributed by atoms with E-state index in [-0.39, 0.29) is 0 Å². The summed E-state index contributed by atoms with van der Waals surface area (Å²) in [6.07, 6.45) is 35.0. The van der Waals surface area contributed by atoms with Crippen LogP contribution in [-0.4, -0.2) is 4.70 Å². The molecule has 3 rings (SSSR count). The standard InChI is InChI=1S/C53H86N2/c1-9-17-25-29-37-51-50(35-24-16-8)52(46-38-42(30-21-13-5)48(34-23-15-7)43(39-46)31-22-14-6)55(54)53(51)47-40-44(32-26-18-10-2)49(36-28-20-12-4)45(41-47)33-27-19-11-3/h38-41H,9-37H2,1-8H3. The Kier molecular flexibility index (Phi) is 23.2. The van der Waals surface area contributed by atoms with E-state index in [0.717, 1.165) is 62.8 Å². The largest absolute Gasteiger partial charge is 0.493 e. The second-order valence-corrected chi connectivity index (χ2v) is 17.1. The second-order valence-electron chi connectivity index (χ2n) is 17.1. The molecule has 0 radical (unpaired) electrons. The van der Waals surface area contributed by atoms with Gasteiger partial charge in [0, 0.05) is 22.3 Å². The van der Waals surface area contributed by atoms with Crippen molar-refractivity contribution in [3.63, 3.8) is 0 Å². The summed E-state index contributed by atoms with van der Waals surface area (Å²) in [5, 5.41) is 0. The summed E-state index contributed by atoms with van der Waals surface area (Å²) in [5.41, 5.74) is 30.0. The van der Waals surface area contributed by atoms with Gasteiger partial charge in [-0.2, -0.15) is 0 Å². The molecule has 1 aliphatic rings. The maximum absolute atomic E-state index is 12.9. The predicted molar refractivity (Wildman–Crippen MR) is 244 cm³/mol. The first kappa shape index (κ1) is 46.9. The van der Waals surface area contributed by atoms with Gasteiger partial charge in [-0.1, -0.05) is 139 Å². The summed E-state index contributed by atoms with van der Waals surface area (Å²) in [4.78, 5) is 0. The summed E-state index contributed by atoms with van der Waals surface area (Å²) in [6.45, 7) is 18.6. The van der Waals surface area contributed by atoms with Gasteiger partial charge in [0.1, 0.15) is 0 Å². The van der Waals surface area contributed by atoms with Crippen LogP contribution in [0.25, 0.3) is 16.9 Å². The summed E-state index contributed by atoms with van der Waals surface area (Å²) in [5.74, 6) is 0. The first-order chi connectivity index (χ1) is 26.9. The van der Waals surface area contributed by atoms with Gasteiger partial charge in [0.25, 0.3) is 0 Å². The maximum Gasteiger partial charge on any atom is 0.211 e. The van der Waals surface area contributed by atoms with Gasteiger partial charge < -0.3 is 5.53 Å². The number of allylic oxidation sites excluding steroid dienone is 2. The van der Waals surface area contributed by atoms with Crippen molar-refractivity contribution in [2.24, 2.45) is 0 Å². The van der Waals surface area contributed by atoms with Gasteiger partial charge in [-0.25, -0.2) is 4.70 Å². The van der Waals surface area contributed by atoms with E-state index in [9.17, 15) is 5.53 Å². The molecule has 0 aliphatic carbocycles. The van der Waals surface area contributed by atoms with Crippen molar-refractivity contribution in [2.45, 2.75) is 242 Å². The third-order valence-electron chi connectivity index (χ3n) is 12.3. The molecule has 1 heterocycles. The molecule has 2 aromatic rings. The molecule has 1 aliphatic heterocycles. The molecule has 0 amide bonds. The lowest BCUT2D eigenvalue weighted by Crippen LogP contribution is -2.09. The minimum absolute atomic E-state index is 1.03. The topological polar surface area (TPSA) is 25.3 Å². The third kappa shape index (κ3) is 14.1. The Morgan fingerprint density at radius 1 is 0.327 bits per heavy atom. The monoisotopic (exact) mass is 751 g/mol. The second kappa shape index (κ2) is 27.2. The minimum atomic E-state index is 1.03. The zero-order valence-electron chi connectivity index (χ0n) is 37.7. The minimum Gasteiger partial charge on any atom is -0.493 e. The van der Waals surface area contributed by atoms with E-state index in [1.54, 1.807) is 38.1 Å². The van der Waals surface area contributed by atoms with E-state index >= 15 is 0 Å². The van der Waals surface area contributed by atoms with Gasteiger partial charge in [-0.15, -0.1) is 0 Å². The molecule has 308 valence electrons. The smallest absolute Gasteiger partial charge is 0.211 e. The Bertz CT molecular complexity index is 1430. The Balaban J connectivity index is 2.36. The van der Waals surface area contributed by atoms with E-state index in [1.165, 1.54) is 157 Å². The Labute approximate surface area is 342 Å². The Morgan fingerprint density at radius 2 is 0.600 bits per heavy atom. The van der Waals surface area contributed by atoms with Crippen LogP contribution in [0.15, 0.2) is 35.4 Å². The molecule has 55 heavy (non-hydrogen) atoms. The summed E-state index contributed by atoms with van der Waals surface area (Å²) >= 11 is 0. The van der Waals surface area contributed by atoms with E-state index in [2.05, 4.69) is 79.7 Å². The van der Waals surface area contributed by atoms with Gasteiger partial charge in [0.15, 0.2) is 0 Å². The van der Waals surface area contributed by atoms with Gasteiger partial charge in [-0.05, 0) is 160 Å². The van der Waals surface area contributed by atoms with E-state index in [4.69, 9.17) is 0 Å². The average molecular weight is 751 g/mol. The first-order valence-electron chi connectivity index (χ1n) is 24.2. The number of aryl methyl sites for hydroxylation is 4. The lowest BCUT2D eigenvalue weighted by atomic mass is 9.86. The molecule has 0 N–H and O–H groups in total. The van der Waals surface area contributed by atoms with Crippen molar-refractivity contribution in [3.05, 3.63) is 85.5 Å². The lowest BCUT2D eigenvalue weighted by Gasteiger charge is -2.20. The molecule has 0 bridgehead atoms. The molecular formula is C53H86N2. The lowest BCUT2D eigenvalue weighted by molar-refractivity contribution is -0.345. The SMILES string of the molecule is CCCCCCC1=C(c2cc(CCCCC)c(CCCCC)c(CCCCC)c2)[N+](=[N-])C(c2cc(CCCC)c(CCCC)c(CCCC)c2)=C1CCCC. The molecule has 0 fully saturated rings. The van der Waals surface area contributed by atoms with Crippen LogP contribution in [0, 0.1) is 0 Å². The Morgan fingerprint density at radius 3 is 1.00 bits per heavy atom. The molecule has 2 aromatic carbocycles. The third-order valence-corrected chi connectivity index (χ3v) is 12.3. The van der Waals surface area contributed by atoms with Crippen molar-refractivity contribution >= 4 is 11.4 Å². The van der Waals surface area contributed by atoms with Crippen LogP contribution < -0.4 is 0 Å². The summed E-state index contributed by atoms with van der Waals surface area (Å²) < 4.78 is 1.73. The molecule has 2 nitrogen and oxygen atoms in total. The number of unbranched alkanes of at least 4 members (excludes halogenated alkanes) is 13. The van der Waals surface area contributed by atoms with Crippen LogP contribution in [0.4, 0.5) is 0 Å². The number of hydrogen-bond acceptors (Lipinski definition) is 0. The molecule has 0 unspecified atom stereocenters. The van der Waals surface area contributed by atoms with E-state index < -0.39 is 0 Å². The molecule has 0 aromatic heterocycles. The number of rotatable bonds is 31. The molecule has 0 saturated carbocycles. The highest BCUT2D eigenvalue weighted by Gasteiger charge is 2.36. The van der Waals surface area contributed by atoms with Gasteiger partial charge >= 0.3 is 0 Å². The van der Waals surface area contributed by atoms with Crippen LogP contribution in [0.5, 0.6) is 0 Å². The van der Waals surface area contributed by atoms with Crippen molar-refractivity contribution < 1.29 is 4.70 Å². The highest BCUT2D eigenvalue weighted by Crippen LogP contribution is 2.46. The Hall–Kier alpha value is -2.48. The first-order valence-corrected chi connectivity index (χ1v) is 24.2. The van der Waals surface area contributed by atoms with Crippen molar-refractivity contribution in [2.75, 3.05) is 0 Å². The van der Waals surface area contributed by atoms with Crippen LogP contribution in [0.2, 0.25) is 0 Å². The van der Waals surface area contributed by atoms with Gasteiger partial charge in [0.2, 0.25) is 11.4 Å². The summed E-state index contributed by atoms with van der Waals surface area (Å²) in [7, 11) is 0. The fourth-order valence-corrected chi connectivity index (χ4v) is 9.04. The van der Waals surface area contributed by atoms with E-state index in [1.807, 2.05) is 0 Å². The zero-order valence-corrected chi connectivity index (χ0v) is 37.7. The van der Waals surface area contributed by atoms with Crippen LogP contribution in [-0.2, 0) is 38.5 Å². The quantitative estimate of drug-likeness (QED) is 0.0542. The van der Waals surface area contributed by atoms with Gasteiger partial charge in [0.05, 0.1) is 0 Å². The highest BCUT2D eigenvalue weighted by atomic mass is 15.2. The van der Waals surface area contributed by atoms with Crippen molar-refractivity contribution in [1.29, 1.82) is 0 Å². The predicted octanol–water partition coefficient (Wildman–Crippen LogP) is 17.2. The van der Waals surface area contributed by atoms with Gasteiger partial charge in [-0.3, -0.25) is 0 Å². The van der Waals surface area contributed by atoms with Crippen molar-refractivity contribution in [1.82, 2.24) is 0 Å². The fraction of sp³-hybridized carbons (Fsp3) is 0.698. The summed E-state index contributed by atoms with van der Waals surface area (Å²) in [6, 6.07) is 10.2. The molecule has 0 saturated heterocycles. The number of benzene rings is 2. The molecule has 0 atom stereocenters. The highest BCUT2D eigenvalue weighted by molar-refractivity contribution is 5.83. The number of nitrogens with zero attached hydrogens (tertiary/aromatic N) is 2. The van der Waals surface area contributed by atoms with E-state index in [0.29, 0.717) is 0 Å². The number of hydrogen-bond donors (Lipinski definition) is 0. The zero-order chi connectivity index (χ0) is 39.8. The van der Waals surface area contributed by atoms with Crippen LogP contribution in [0.1, 0.15) is 248 Å². The fourth-order valence-electron chi connectivity index (χ4n) is 9.04. The maximum atomic E-state index is 12.9. The van der Waals surface area contributed by atoms with Crippen LogP contribution in [0.3, 0.4) is 0 Å². The molecule has 2 heteroatoms. The molecule has 0 spiro atoms. The van der Waals surface area contributed by atoms with Crippen LogP contribution >= 0.6 is 0 Å². The average Bonchev–Trinajstić information content (AvgIpc) is 3.47. The normalized spacial score (nSPS) is 13.3. The molecular weight excluding hydrogens is 665 g/mol.